The molecule has 2 aromatic heterocycles. The lowest BCUT2D eigenvalue weighted by Gasteiger charge is -2.08. The summed E-state index contributed by atoms with van der Waals surface area (Å²) in [4.78, 5) is 31.5. The molecule has 0 atom stereocenters. The van der Waals surface area contributed by atoms with Crippen molar-refractivity contribution in [1.29, 1.82) is 0 Å². The highest BCUT2D eigenvalue weighted by atomic mass is 79.9. The summed E-state index contributed by atoms with van der Waals surface area (Å²) in [7, 11) is 0. The molecule has 0 spiro atoms. The second kappa shape index (κ2) is 7.20. The van der Waals surface area contributed by atoms with E-state index in [4.69, 9.17) is 4.42 Å². The third-order valence-electron chi connectivity index (χ3n) is 3.94. The topological polar surface area (TPSA) is 111 Å². The first-order valence-electron chi connectivity index (χ1n) is 8.08. The second-order valence-corrected chi connectivity index (χ2v) is 6.65. The first-order valence-corrected chi connectivity index (χ1v) is 8.88. The Kier molecular flexibility index (Phi) is 4.58. The van der Waals surface area contributed by atoms with Crippen LogP contribution in [0.1, 0.15) is 10.4 Å². The molecule has 0 saturated heterocycles. The van der Waals surface area contributed by atoms with Crippen LogP contribution in [0.5, 0.6) is 0 Å². The number of fused-ring (bicyclic) bond motifs is 1. The van der Waals surface area contributed by atoms with Crippen LogP contribution in [0.4, 0.5) is 11.4 Å². The molecule has 0 aliphatic heterocycles. The minimum atomic E-state index is -0.550. The summed E-state index contributed by atoms with van der Waals surface area (Å²) in [6, 6.07) is 14.5. The van der Waals surface area contributed by atoms with E-state index < -0.39 is 10.8 Å². The van der Waals surface area contributed by atoms with E-state index in [0.717, 1.165) is 0 Å². The average Bonchev–Trinajstić information content (AvgIpc) is 3.12. The number of benzene rings is 2. The first kappa shape index (κ1) is 17.8. The molecule has 0 aliphatic rings. The number of hydrogen-bond acceptors (Lipinski definition) is 6. The predicted molar refractivity (Wildman–Crippen MR) is 106 cm³/mol. The minimum Gasteiger partial charge on any atom is -0.434 e. The van der Waals surface area contributed by atoms with E-state index in [2.05, 4.69) is 31.2 Å². The van der Waals surface area contributed by atoms with Crippen molar-refractivity contribution in [2.75, 3.05) is 5.32 Å². The van der Waals surface area contributed by atoms with Gasteiger partial charge in [-0.1, -0.05) is 6.07 Å². The van der Waals surface area contributed by atoms with Gasteiger partial charge in [-0.3, -0.25) is 14.9 Å². The molecule has 138 valence electrons. The maximum atomic E-state index is 12.6. The van der Waals surface area contributed by atoms with Crippen LogP contribution >= 0.6 is 15.9 Å². The SMILES string of the molecule is O=C(Nc1cccc(-c2nc3ncccc3o2)c1)c1cc([N+](=O)[O-])ccc1Br. The summed E-state index contributed by atoms with van der Waals surface area (Å²) in [5.41, 5.74) is 2.21. The molecule has 9 heteroatoms. The number of hydrogen-bond donors (Lipinski definition) is 1. The Morgan fingerprint density at radius 1 is 1.14 bits per heavy atom. The van der Waals surface area contributed by atoms with Crippen LogP contribution in [0, 0.1) is 10.1 Å². The van der Waals surface area contributed by atoms with Crippen LogP contribution in [-0.2, 0) is 0 Å². The van der Waals surface area contributed by atoms with E-state index in [9.17, 15) is 14.9 Å². The van der Waals surface area contributed by atoms with Crippen LogP contribution in [0.2, 0.25) is 0 Å². The Balaban J connectivity index is 1.62. The maximum Gasteiger partial charge on any atom is 0.270 e. The van der Waals surface area contributed by atoms with Crippen LogP contribution in [0.25, 0.3) is 22.7 Å². The fourth-order valence-corrected chi connectivity index (χ4v) is 3.05. The van der Waals surface area contributed by atoms with Gasteiger partial charge in [0, 0.05) is 34.1 Å². The molecule has 28 heavy (non-hydrogen) atoms. The number of oxazole rings is 1. The standard InChI is InChI=1S/C19H11BrN4O4/c20-15-7-6-13(24(26)27)10-14(15)18(25)22-12-4-1-3-11(9-12)19-23-17-16(28-19)5-2-8-21-17/h1-10H,(H,22,25). The Morgan fingerprint density at radius 2 is 2.00 bits per heavy atom. The number of non-ortho nitro benzene ring substituents is 1. The van der Waals surface area contributed by atoms with E-state index in [-0.39, 0.29) is 11.3 Å². The van der Waals surface area contributed by atoms with Gasteiger partial charge in [0.1, 0.15) is 0 Å². The molecular formula is C19H11BrN4O4. The van der Waals surface area contributed by atoms with Crippen LogP contribution < -0.4 is 5.32 Å². The zero-order chi connectivity index (χ0) is 19.7. The number of pyridine rings is 1. The number of nitro groups is 1. The molecule has 1 N–H and O–H groups in total. The largest absolute Gasteiger partial charge is 0.434 e. The molecule has 0 aliphatic carbocycles. The number of aromatic nitrogens is 2. The summed E-state index contributed by atoms with van der Waals surface area (Å²) in [5.74, 6) is -0.103. The van der Waals surface area contributed by atoms with Gasteiger partial charge in [0.05, 0.1) is 10.5 Å². The molecule has 2 heterocycles. The van der Waals surface area contributed by atoms with Crippen molar-refractivity contribution < 1.29 is 14.1 Å². The van der Waals surface area contributed by atoms with Gasteiger partial charge in [-0.2, -0.15) is 4.98 Å². The van der Waals surface area contributed by atoms with Gasteiger partial charge in [0.25, 0.3) is 11.6 Å². The third-order valence-corrected chi connectivity index (χ3v) is 4.63. The fraction of sp³-hybridized carbons (Fsp3) is 0. The van der Waals surface area contributed by atoms with E-state index in [1.807, 2.05) is 0 Å². The van der Waals surface area contributed by atoms with Gasteiger partial charge >= 0.3 is 0 Å². The van der Waals surface area contributed by atoms with Gasteiger partial charge in [-0.05, 0) is 52.3 Å². The molecule has 4 rings (SSSR count). The highest BCUT2D eigenvalue weighted by Gasteiger charge is 2.16. The summed E-state index contributed by atoms with van der Waals surface area (Å²) in [6.45, 7) is 0. The molecule has 0 unspecified atom stereocenters. The van der Waals surface area contributed by atoms with Crippen molar-refractivity contribution in [2.45, 2.75) is 0 Å². The van der Waals surface area contributed by atoms with Gasteiger partial charge in [-0.15, -0.1) is 0 Å². The van der Waals surface area contributed by atoms with Crippen molar-refractivity contribution in [1.82, 2.24) is 9.97 Å². The predicted octanol–water partition coefficient (Wildman–Crippen LogP) is 4.81. The summed E-state index contributed by atoms with van der Waals surface area (Å²) < 4.78 is 6.15. The fourth-order valence-electron chi connectivity index (χ4n) is 2.62. The molecule has 8 nitrogen and oxygen atoms in total. The van der Waals surface area contributed by atoms with Crippen molar-refractivity contribution in [3.63, 3.8) is 0 Å². The van der Waals surface area contributed by atoms with Crippen LogP contribution in [-0.4, -0.2) is 20.8 Å². The van der Waals surface area contributed by atoms with Crippen LogP contribution in [0.3, 0.4) is 0 Å². The number of halogens is 1. The number of carbonyl (C=O) groups is 1. The van der Waals surface area contributed by atoms with Crippen molar-refractivity contribution in [3.8, 4) is 11.5 Å². The number of nitrogens with one attached hydrogen (secondary N) is 1. The first-order chi connectivity index (χ1) is 13.5. The van der Waals surface area contributed by atoms with E-state index in [1.165, 1.54) is 18.2 Å². The minimum absolute atomic E-state index is 0.158. The molecular weight excluding hydrogens is 428 g/mol. The lowest BCUT2D eigenvalue weighted by Crippen LogP contribution is -2.13. The second-order valence-electron chi connectivity index (χ2n) is 5.80. The summed E-state index contributed by atoms with van der Waals surface area (Å²) in [5, 5.41) is 13.7. The van der Waals surface area contributed by atoms with Gasteiger partial charge < -0.3 is 9.73 Å². The van der Waals surface area contributed by atoms with Gasteiger partial charge in [0.15, 0.2) is 11.2 Å². The highest BCUT2D eigenvalue weighted by molar-refractivity contribution is 9.10. The van der Waals surface area contributed by atoms with E-state index >= 15 is 0 Å². The maximum absolute atomic E-state index is 12.6. The molecule has 0 radical (unpaired) electrons. The smallest absolute Gasteiger partial charge is 0.270 e. The van der Waals surface area contributed by atoms with Gasteiger partial charge in [0.2, 0.25) is 5.89 Å². The van der Waals surface area contributed by atoms with Crippen molar-refractivity contribution in [2.24, 2.45) is 0 Å². The average molecular weight is 439 g/mol. The quantitative estimate of drug-likeness (QED) is 0.361. The Morgan fingerprint density at radius 3 is 2.79 bits per heavy atom. The van der Waals surface area contributed by atoms with Gasteiger partial charge in [-0.25, -0.2) is 4.98 Å². The molecule has 0 fully saturated rings. The molecule has 4 aromatic rings. The third kappa shape index (κ3) is 3.47. The molecule has 0 bridgehead atoms. The number of nitrogens with zero attached hydrogens (tertiary/aromatic N) is 3. The summed E-state index contributed by atoms with van der Waals surface area (Å²) >= 11 is 3.25. The van der Waals surface area contributed by atoms with Crippen LogP contribution in [0.15, 0.2) is 69.7 Å². The number of nitro benzene ring substituents is 1. The zero-order valence-corrected chi connectivity index (χ0v) is 15.7. The van der Waals surface area contributed by atoms with Crippen molar-refractivity contribution in [3.05, 3.63) is 80.9 Å². The van der Waals surface area contributed by atoms with E-state index in [0.29, 0.717) is 32.8 Å². The normalized spacial score (nSPS) is 10.8. The van der Waals surface area contributed by atoms with E-state index in [1.54, 1.807) is 42.6 Å². The lowest BCUT2D eigenvalue weighted by molar-refractivity contribution is -0.384. The Bertz CT molecular complexity index is 1190. The lowest BCUT2D eigenvalue weighted by atomic mass is 10.1. The molecule has 2 aromatic carbocycles. The zero-order valence-electron chi connectivity index (χ0n) is 14.1. The Labute approximate surface area is 166 Å². The number of amides is 1. The molecule has 0 saturated carbocycles. The molecule has 1 amide bonds. The van der Waals surface area contributed by atoms with Crippen molar-refractivity contribution >= 4 is 44.4 Å². The number of rotatable bonds is 4. The Hall–Kier alpha value is -3.59. The number of carbonyl (C=O) groups excluding carboxylic acids is 1. The summed E-state index contributed by atoms with van der Waals surface area (Å²) in [6.07, 6.45) is 1.63. The number of anilines is 1. The highest BCUT2D eigenvalue weighted by Crippen LogP contribution is 2.27. The monoisotopic (exact) mass is 438 g/mol.